The molecule has 142 valence electrons. The number of nitrogens with one attached hydrogen (secondary N) is 1. The molecule has 0 radical (unpaired) electrons. The zero-order chi connectivity index (χ0) is 18.5. The van der Waals surface area contributed by atoms with Gasteiger partial charge >= 0.3 is 0 Å². The fraction of sp³-hybridized carbons (Fsp3) is 0.600. The molecule has 6 nitrogen and oxygen atoms in total. The van der Waals surface area contributed by atoms with E-state index in [4.69, 9.17) is 10.5 Å². The molecule has 6 heteroatoms. The standard InChI is InChI=1S/C20H29N3O3/c1-14-20(25)23(17-9-5-6-10-18(17)26-14)12-11-19(24)22-16(13-21)15-7-3-2-4-8-15/h5-6,9-10,14-16H,2-4,7-8,11-13,21H2,1H3,(H,22,24). The van der Waals surface area contributed by atoms with Gasteiger partial charge in [0.05, 0.1) is 5.69 Å². The molecule has 0 saturated heterocycles. The second kappa shape index (κ2) is 8.54. The number of hydrogen-bond donors (Lipinski definition) is 2. The topological polar surface area (TPSA) is 84.7 Å². The SMILES string of the molecule is CC1Oc2ccccc2N(CCC(=O)NC(CN)C2CCCCC2)C1=O. The van der Waals surface area contributed by atoms with Gasteiger partial charge in [-0.05, 0) is 37.8 Å². The Morgan fingerprint density at radius 1 is 1.31 bits per heavy atom. The highest BCUT2D eigenvalue weighted by Crippen LogP contribution is 2.33. The molecule has 1 aliphatic carbocycles. The van der Waals surface area contributed by atoms with E-state index in [0.717, 1.165) is 18.5 Å². The lowest BCUT2D eigenvalue weighted by Gasteiger charge is -2.33. The number of rotatable bonds is 6. The largest absolute Gasteiger partial charge is 0.479 e. The highest BCUT2D eigenvalue weighted by atomic mass is 16.5. The smallest absolute Gasteiger partial charge is 0.267 e. The maximum Gasteiger partial charge on any atom is 0.267 e. The van der Waals surface area contributed by atoms with Crippen LogP contribution in [0.5, 0.6) is 5.75 Å². The molecule has 1 aromatic carbocycles. The number of fused-ring (bicyclic) bond motifs is 1. The van der Waals surface area contributed by atoms with Crippen LogP contribution in [0.15, 0.2) is 24.3 Å². The van der Waals surface area contributed by atoms with Gasteiger partial charge in [-0.25, -0.2) is 0 Å². The van der Waals surface area contributed by atoms with Gasteiger partial charge in [-0.2, -0.15) is 0 Å². The van der Waals surface area contributed by atoms with Gasteiger partial charge in [0, 0.05) is 25.6 Å². The van der Waals surface area contributed by atoms with Gasteiger partial charge in [0.15, 0.2) is 6.10 Å². The molecule has 0 bridgehead atoms. The number of anilines is 1. The van der Waals surface area contributed by atoms with Gasteiger partial charge in [0.25, 0.3) is 5.91 Å². The van der Waals surface area contributed by atoms with Crippen molar-refractivity contribution >= 4 is 17.5 Å². The summed E-state index contributed by atoms with van der Waals surface area (Å²) in [6, 6.07) is 7.48. The number of carbonyl (C=O) groups is 2. The van der Waals surface area contributed by atoms with E-state index >= 15 is 0 Å². The quantitative estimate of drug-likeness (QED) is 0.816. The lowest BCUT2D eigenvalue weighted by atomic mass is 9.84. The summed E-state index contributed by atoms with van der Waals surface area (Å²) < 4.78 is 5.63. The summed E-state index contributed by atoms with van der Waals surface area (Å²) in [5, 5.41) is 3.09. The van der Waals surface area contributed by atoms with Crippen molar-refractivity contribution in [1.82, 2.24) is 5.32 Å². The average molecular weight is 359 g/mol. The van der Waals surface area contributed by atoms with Crippen molar-refractivity contribution in [1.29, 1.82) is 0 Å². The van der Waals surface area contributed by atoms with Crippen LogP contribution in [-0.2, 0) is 9.59 Å². The highest BCUT2D eigenvalue weighted by Gasteiger charge is 2.31. The minimum absolute atomic E-state index is 0.0365. The number of hydrogen-bond acceptors (Lipinski definition) is 4. The van der Waals surface area contributed by atoms with Crippen LogP contribution in [-0.4, -0.2) is 37.0 Å². The minimum atomic E-state index is -0.535. The Balaban J connectivity index is 1.59. The molecule has 1 aromatic rings. The molecule has 2 amide bonds. The van der Waals surface area contributed by atoms with Crippen molar-refractivity contribution in [3.63, 3.8) is 0 Å². The minimum Gasteiger partial charge on any atom is -0.479 e. The number of amides is 2. The molecule has 2 unspecified atom stereocenters. The Hall–Kier alpha value is -2.08. The van der Waals surface area contributed by atoms with E-state index in [0.29, 0.717) is 24.8 Å². The number of para-hydroxylation sites is 2. The van der Waals surface area contributed by atoms with Crippen LogP contribution in [0.3, 0.4) is 0 Å². The van der Waals surface area contributed by atoms with E-state index in [2.05, 4.69) is 5.32 Å². The summed E-state index contributed by atoms with van der Waals surface area (Å²) in [5.41, 5.74) is 6.63. The van der Waals surface area contributed by atoms with Crippen molar-refractivity contribution in [3.8, 4) is 5.75 Å². The molecular weight excluding hydrogens is 330 g/mol. The maximum atomic E-state index is 12.5. The number of ether oxygens (including phenoxy) is 1. The van der Waals surface area contributed by atoms with E-state index in [1.165, 1.54) is 19.3 Å². The summed E-state index contributed by atoms with van der Waals surface area (Å²) in [4.78, 5) is 26.6. The van der Waals surface area contributed by atoms with Crippen LogP contribution in [0.2, 0.25) is 0 Å². The molecule has 0 spiro atoms. The fourth-order valence-corrected chi connectivity index (χ4v) is 3.99. The van der Waals surface area contributed by atoms with E-state index in [1.54, 1.807) is 11.8 Å². The third kappa shape index (κ3) is 4.18. The molecule has 1 fully saturated rings. The van der Waals surface area contributed by atoms with E-state index in [1.807, 2.05) is 24.3 Å². The Labute approximate surface area is 155 Å². The van der Waals surface area contributed by atoms with Crippen LogP contribution in [0.25, 0.3) is 0 Å². The predicted octanol–water partition coefficient (Wildman–Crippen LogP) is 2.21. The molecule has 1 aliphatic heterocycles. The van der Waals surface area contributed by atoms with Gasteiger partial charge in [-0.3, -0.25) is 9.59 Å². The van der Waals surface area contributed by atoms with Gasteiger partial charge in [0.1, 0.15) is 5.75 Å². The molecule has 2 atom stereocenters. The molecular formula is C20H29N3O3. The van der Waals surface area contributed by atoms with Crippen LogP contribution < -0.4 is 20.7 Å². The maximum absolute atomic E-state index is 12.5. The van der Waals surface area contributed by atoms with Crippen molar-refractivity contribution in [2.75, 3.05) is 18.0 Å². The van der Waals surface area contributed by atoms with E-state index in [-0.39, 0.29) is 24.3 Å². The second-order valence-electron chi connectivity index (χ2n) is 7.28. The summed E-state index contributed by atoms with van der Waals surface area (Å²) in [7, 11) is 0. The molecule has 1 heterocycles. The van der Waals surface area contributed by atoms with E-state index in [9.17, 15) is 9.59 Å². The van der Waals surface area contributed by atoms with Crippen LogP contribution in [0.1, 0.15) is 45.4 Å². The van der Waals surface area contributed by atoms with Crippen LogP contribution in [0.4, 0.5) is 5.69 Å². The molecule has 3 N–H and O–H groups in total. The molecule has 0 aromatic heterocycles. The summed E-state index contributed by atoms with van der Waals surface area (Å²) in [5.74, 6) is 1.00. The monoisotopic (exact) mass is 359 g/mol. The Bertz CT molecular complexity index is 643. The van der Waals surface area contributed by atoms with Crippen molar-refractivity contribution in [3.05, 3.63) is 24.3 Å². The lowest BCUT2D eigenvalue weighted by Crippen LogP contribution is -2.48. The third-order valence-corrected chi connectivity index (χ3v) is 5.46. The molecule has 1 saturated carbocycles. The predicted molar refractivity (Wildman–Crippen MR) is 101 cm³/mol. The summed E-state index contributed by atoms with van der Waals surface area (Å²) in [6.45, 7) is 2.54. The van der Waals surface area contributed by atoms with Crippen LogP contribution >= 0.6 is 0 Å². The molecule has 3 rings (SSSR count). The lowest BCUT2D eigenvalue weighted by molar-refractivity contribution is -0.125. The Morgan fingerprint density at radius 2 is 2.04 bits per heavy atom. The first-order chi connectivity index (χ1) is 12.6. The first-order valence-corrected chi connectivity index (χ1v) is 9.66. The Kier molecular flexibility index (Phi) is 6.14. The zero-order valence-corrected chi connectivity index (χ0v) is 15.4. The first-order valence-electron chi connectivity index (χ1n) is 9.66. The molecule has 26 heavy (non-hydrogen) atoms. The highest BCUT2D eigenvalue weighted by molar-refractivity contribution is 6.00. The van der Waals surface area contributed by atoms with Crippen LogP contribution in [0, 0.1) is 5.92 Å². The van der Waals surface area contributed by atoms with Gasteiger partial charge in [0.2, 0.25) is 5.91 Å². The summed E-state index contributed by atoms with van der Waals surface area (Å²) >= 11 is 0. The first kappa shape index (κ1) is 18.7. The average Bonchev–Trinajstić information content (AvgIpc) is 2.67. The third-order valence-electron chi connectivity index (χ3n) is 5.46. The number of nitrogens with two attached hydrogens (primary N) is 1. The zero-order valence-electron chi connectivity index (χ0n) is 15.4. The fourth-order valence-electron chi connectivity index (χ4n) is 3.99. The van der Waals surface area contributed by atoms with E-state index < -0.39 is 6.10 Å². The van der Waals surface area contributed by atoms with Crippen molar-refractivity contribution in [2.45, 2.75) is 57.6 Å². The second-order valence-corrected chi connectivity index (χ2v) is 7.28. The number of benzene rings is 1. The normalized spacial score (nSPS) is 21.7. The number of carbonyl (C=O) groups excluding carboxylic acids is 2. The van der Waals surface area contributed by atoms with Gasteiger partial charge in [-0.15, -0.1) is 0 Å². The van der Waals surface area contributed by atoms with Crippen molar-refractivity contribution in [2.24, 2.45) is 11.7 Å². The number of nitrogens with zero attached hydrogens (tertiary/aromatic N) is 1. The summed E-state index contributed by atoms with van der Waals surface area (Å²) in [6.07, 6.45) is 5.70. The van der Waals surface area contributed by atoms with Gasteiger partial charge < -0.3 is 20.7 Å². The van der Waals surface area contributed by atoms with Crippen molar-refractivity contribution < 1.29 is 14.3 Å². The molecule has 2 aliphatic rings. The Morgan fingerprint density at radius 3 is 2.77 bits per heavy atom. The van der Waals surface area contributed by atoms with Gasteiger partial charge in [-0.1, -0.05) is 31.4 Å².